The van der Waals surface area contributed by atoms with Crippen molar-refractivity contribution in [3.63, 3.8) is 0 Å². The summed E-state index contributed by atoms with van der Waals surface area (Å²) in [5, 5.41) is 6.29. The van der Waals surface area contributed by atoms with Crippen molar-refractivity contribution in [2.24, 2.45) is 0 Å². The van der Waals surface area contributed by atoms with Crippen LogP contribution in [0.2, 0.25) is 10.0 Å². The number of carbonyl (C=O) groups excluding carboxylic acids is 2. The molecule has 2 heterocycles. The maximum atomic E-state index is 12.7. The number of thiazole rings is 1. The fraction of sp³-hybridized carbons (Fsp3) is 0.292. The number of hydrogen-bond donors (Lipinski definition) is 1. The van der Waals surface area contributed by atoms with Crippen LogP contribution < -0.4 is 10.1 Å². The summed E-state index contributed by atoms with van der Waals surface area (Å²) in [6.07, 6.45) is 0.881. The summed E-state index contributed by atoms with van der Waals surface area (Å²) < 4.78 is 10.6. The quantitative estimate of drug-likeness (QED) is 0.454. The number of benzene rings is 2. The van der Waals surface area contributed by atoms with Crippen LogP contribution in [0.4, 0.5) is 4.79 Å². The number of ether oxygens (including phenoxy) is 2. The largest absolute Gasteiger partial charge is 0.497 e. The van der Waals surface area contributed by atoms with Gasteiger partial charge in [0, 0.05) is 40.1 Å². The Kier molecular flexibility index (Phi) is 7.92. The summed E-state index contributed by atoms with van der Waals surface area (Å²) in [6.45, 7) is 1.08. The number of aromatic nitrogens is 1. The number of nitrogens with zero attached hydrogens (tertiary/aromatic N) is 2. The molecule has 0 atom stereocenters. The zero-order valence-corrected chi connectivity index (χ0v) is 20.8. The van der Waals surface area contributed by atoms with Crippen LogP contribution in [-0.2, 0) is 11.3 Å². The number of nitrogens with one attached hydrogen (secondary N) is 1. The second kappa shape index (κ2) is 11.1. The highest BCUT2D eigenvalue weighted by atomic mass is 35.5. The van der Waals surface area contributed by atoms with Crippen LogP contribution in [0.1, 0.15) is 28.2 Å². The Morgan fingerprint density at radius 3 is 2.44 bits per heavy atom. The van der Waals surface area contributed by atoms with E-state index in [0.717, 1.165) is 22.6 Å². The lowest BCUT2D eigenvalue weighted by molar-refractivity contribution is 0.0809. The van der Waals surface area contributed by atoms with Gasteiger partial charge in [0.15, 0.2) is 5.01 Å². The first kappa shape index (κ1) is 24.3. The molecule has 1 saturated heterocycles. The summed E-state index contributed by atoms with van der Waals surface area (Å²) >= 11 is 13.3. The Morgan fingerprint density at radius 1 is 1.12 bits per heavy atom. The van der Waals surface area contributed by atoms with E-state index < -0.39 is 6.09 Å². The first-order valence-corrected chi connectivity index (χ1v) is 12.3. The Labute approximate surface area is 211 Å². The normalized spacial score (nSPS) is 14.0. The minimum absolute atomic E-state index is 0.0309. The van der Waals surface area contributed by atoms with Gasteiger partial charge in [-0.3, -0.25) is 4.79 Å². The third-order valence-electron chi connectivity index (χ3n) is 5.46. The Hall–Kier alpha value is -2.81. The molecule has 0 bridgehead atoms. The minimum Gasteiger partial charge on any atom is -0.497 e. The standard InChI is InChI=1S/C24H23Cl2N3O4S/c1-32-20-4-2-16(3-5-20)21-14-34-23(28-21)22(30)27-19-6-8-29(9-7-19)24(31)33-13-15-10-17(25)12-18(26)11-15/h2-5,10-12,14,19H,6-9,13H2,1H3,(H,27,30). The Balaban J connectivity index is 1.24. The van der Waals surface area contributed by atoms with Gasteiger partial charge >= 0.3 is 6.09 Å². The molecule has 7 nitrogen and oxygen atoms in total. The van der Waals surface area contributed by atoms with E-state index in [-0.39, 0.29) is 18.6 Å². The van der Waals surface area contributed by atoms with Gasteiger partial charge in [-0.25, -0.2) is 9.78 Å². The second-order valence-corrected chi connectivity index (χ2v) is 9.56. The van der Waals surface area contributed by atoms with Crippen molar-refractivity contribution < 1.29 is 19.1 Å². The molecule has 178 valence electrons. The molecule has 4 rings (SSSR count). The van der Waals surface area contributed by atoms with E-state index in [1.54, 1.807) is 30.2 Å². The number of methoxy groups -OCH3 is 1. The van der Waals surface area contributed by atoms with Crippen LogP contribution >= 0.6 is 34.5 Å². The third kappa shape index (κ3) is 6.20. The third-order valence-corrected chi connectivity index (χ3v) is 6.73. The van der Waals surface area contributed by atoms with Crippen molar-refractivity contribution >= 4 is 46.5 Å². The van der Waals surface area contributed by atoms with Crippen LogP contribution in [0.5, 0.6) is 5.75 Å². The number of amides is 2. The highest BCUT2D eigenvalue weighted by Crippen LogP contribution is 2.25. The van der Waals surface area contributed by atoms with Crippen LogP contribution in [0, 0.1) is 0 Å². The lowest BCUT2D eigenvalue weighted by Gasteiger charge is -2.31. The van der Waals surface area contributed by atoms with Crippen molar-refractivity contribution in [3.05, 3.63) is 68.5 Å². The van der Waals surface area contributed by atoms with E-state index in [2.05, 4.69) is 10.3 Å². The summed E-state index contributed by atoms with van der Waals surface area (Å²) in [6, 6.07) is 12.5. The molecule has 1 aromatic heterocycles. The van der Waals surface area contributed by atoms with Crippen LogP contribution in [0.3, 0.4) is 0 Å². The van der Waals surface area contributed by atoms with Crippen LogP contribution in [0.25, 0.3) is 11.3 Å². The molecule has 0 spiro atoms. The first-order chi connectivity index (χ1) is 16.4. The maximum absolute atomic E-state index is 12.7. The fourth-order valence-electron chi connectivity index (χ4n) is 3.66. The smallest absolute Gasteiger partial charge is 0.410 e. The van der Waals surface area contributed by atoms with Gasteiger partial charge in [0.25, 0.3) is 5.91 Å². The number of piperidine rings is 1. The zero-order valence-electron chi connectivity index (χ0n) is 18.4. The van der Waals surface area contributed by atoms with Gasteiger partial charge in [-0.15, -0.1) is 11.3 Å². The number of hydrogen-bond acceptors (Lipinski definition) is 6. The molecule has 0 aliphatic carbocycles. The number of halogens is 2. The SMILES string of the molecule is COc1ccc(-c2csc(C(=O)NC3CCN(C(=O)OCc4cc(Cl)cc(Cl)c4)CC3)n2)cc1. The number of rotatable bonds is 6. The van der Waals surface area contributed by atoms with Crippen molar-refractivity contribution in [2.45, 2.75) is 25.5 Å². The number of carbonyl (C=O) groups is 2. The van der Waals surface area contributed by atoms with Gasteiger partial charge in [-0.1, -0.05) is 23.2 Å². The molecule has 2 amide bonds. The molecule has 0 radical (unpaired) electrons. The first-order valence-electron chi connectivity index (χ1n) is 10.7. The predicted octanol–water partition coefficient (Wildman–Crippen LogP) is 5.66. The molecular weight excluding hydrogens is 497 g/mol. The molecule has 34 heavy (non-hydrogen) atoms. The van der Waals surface area contributed by atoms with E-state index in [4.69, 9.17) is 32.7 Å². The topological polar surface area (TPSA) is 80.8 Å². The monoisotopic (exact) mass is 519 g/mol. The van der Waals surface area contributed by atoms with Gasteiger partial charge in [0.2, 0.25) is 0 Å². The molecule has 0 unspecified atom stereocenters. The lowest BCUT2D eigenvalue weighted by Crippen LogP contribution is -2.46. The Morgan fingerprint density at radius 2 is 1.79 bits per heavy atom. The van der Waals surface area contributed by atoms with Gasteiger partial charge in [-0.05, 0) is 60.9 Å². The van der Waals surface area contributed by atoms with Crippen molar-refractivity contribution in [1.29, 1.82) is 0 Å². The number of likely N-dealkylation sites (tertiary alicyclic amines) is 1. The summed E-state index contributed by atoms with van der Waals surface area (Å²) in [7, 11) is 1.62. The van der Waals surface area contributed by atoms with Crippen molar-refractivity contribution in [2.75, 3.05) is 20.2 Å². The Bertz CT molecular complexity index is 1140. The predicted molar refractivity (Wildman–Crippen MR) is 133 cm³/mol. The molecule has 1 aliphatic heterocycles. The average molecular weight is 520 g/mol. The molecule has 0 saturated carbocycles. The lowest BCUT2D eigenvalue weighted by atomic mass is 10.1. The summed E-state index contributed by atoms with van der Waals surface area (Å²) in [5.41, 5.74) is 2.39. The van der Waals surface area contributed by atoms with E-state index in [1.165, 1.54) is 11.3 Å². The fourth-order valence-corrected chi connectivity index (χ4v) is 4.96. The average Bonchev–Trinajstić information content (AvgIpc) is 3.33. The molecule has 10 heteroatoms. The highest BCUT2D eigenvalue weighted by Gasteiger charge is 2.26. The van der Waals surface area contributed by atoms with E-state index in [1.807, 2.05) is 29.6 Å². The van der Waals surface area contributed by atoms with Crippen LogP contribution in [-0.4, -0.2) is 48.1 Å². The van der Waals surface area contributed by atoms with Crippen LogP contribution in [0.15, 0.2) is 47.8 Å². The molecule has 1 fully saturated rings. The summed E-state index contributed by atoms with van der Waals surface area (Å²) in [5.74, 6) is 0.560. The highest BCUT2D eigenvalue weighted by molar-refractivity contribution is 7.12. The minimum atomic E-state index is -0.398. The van der Waals surface area contributed by atoms with Crippen molar-refractivity contribution in [1.82, 2.24) is 15.2 Å². The molecule has 1 N–H and O–H groups in total. The van der Waals surface area contributed by atoms with E-state index >= 15 is 0 Å². The second-order valence-electron chi connectivity index (χ2n) is 7.83. The summed E-state index contributed by atoms with van der Waals surface area (Å²) in [4.78, 5) is 31.2. The van der Waals surface area contributed by atoms with E-state index in [9.17, 15) is 9.59 Å². The molecule has 3 aromatic rings. The molecule has 1 aliphatic rings. The molecular formula is C24H23Cl2N3O4S. The van der Waals surface area contributed by atoms with Crippen molar-refractivity contribution in [3.8, 4) is 17.0 Å². The van der Waals surface area contributed by atoms with Gasteiger partial charge < -0.3 is 19.7 Å². The van der Waals surface area contributed by atoms with Gasteiger partial charge in [-0.2, -0.15) is 0 Å². The molecule has 2 aromatic carbocycles. The van der Waals surface area contributed by atoms with Gasteiger partial charge in [0.1, 0.15) is 12.4 Å². The maximum Gasteiger partial charge on any atom is 0.410 e. The zero-order chi connectivity index (χ0) is 24.1. The van der Waals surface area contributed by atoms with E-state index in [0.29, 0.717) is 41.0 Å². The van der Waals surface area contributed by atoms with Gasteiger partial charge in [0.05, 0.1) is 12.8 Å².